The number of benzene rings is 1. The topological polar surface area (TPSA) is 61.2 Å². The van der Waals surface area contributed by atoms with Crippen molar-refractivity contribution in [2.45, 2.75) is 31.1 Å². The number of nitriles is 1. The first-order valence-corrected chi connectivity index (χ1v) is 7.97. The summed E-state index contributed by atoms with van der Waals surface area (Å²) in [4.78, 5) is 27.2. The molecule has 3 atom stereocenters. The van der Waals surface area contributed by atoms with Crippen LogP contribution < -0.4 is 4.90 Å². The molecule has 0 bridgehead atoms. The maximum absolute atomic E-state index is 12.6. The van der Waals surface area contributed by atoms with Crippen molar-refractivity contribution in [3.8, 4) is 5.40 Å². The number of anilines is 1. The second-order valence-corrected chi connectivity index (χ2v) is 6.69. The molecular formula is C16H16N2O2S. The van der Waals surface area contributed by atoms with Crippen LogP contribution in [0.2, 0.25) is 0 Å². The first-order valence-electron chi connectivity index (χ1n) is 7.15. The Hall–Kier alpha value is -1.80. The van der Waals surface area contributed by atoms with Crippen molar-refractivity contribution in [3.63, 3.8) is 0 Å². The van der Waals surface area contributed by atoms with E-state index in [1.54, 1.807) is 24.3 Å². The molecule has 1 aromatic carbocycles. The van der Waals surface area contributed by atoms with Crippen molar-refractivity contribution < 1.29 is 9.59 Å². The van der Waals surface area contributed by atoms with Crippen LogP contribution in [0.3, 0.4) is 0 Å². The predicted octanol–water partition coefficient (Wildman–Crippen LogP) is 3.19. The van der Waals surface area contributed by atoms with Crippen LogP contribution in [0.1, 0.15) is 26.2 Å². The van der Waals surface area contributed by atoms with Gasteiger partial charge >= 0.3 is 0 Å². The SMILES string of the molecule is C[C@@H]1CC[C@H]2C(=O)N(c3ccc(SC#N)cc3)C(=O)[C@H]2C1. The van der Waals surface area contributed by atoms with Gasteiger partial charge in [-0.25, -0.2) is 0 Å². The maximum atomic E-state index is 12.6. The molecule has 1 aliphatic carbocycles. The van der Waals surface area contributed by atoms with Crippen molar-refractivity contribution in [1.29, 1.82) is 5.26 Å². The molecule has 0 spiro atoms. The van der Waals surface area contributed by atoms with Crippen LogP contribution in [-0.2, 0) is 9.59 Å². The highest BCUT2D eigenvalue weighted by Crippen LogP contribution is 2.42. The Balaban J connectivity index is 1.87. The molecule has 0 radical (unpaired) electrons. The van der Waals surface area contributed by atoms with Crippen LogP contribution in [0.25, 0.3) is 0 Å². The van der Waals surface area contributed by atoms with Gasteiger partial charge in [-0.15, -0.1) is 0 Å². The Labute approximate surface area is 128 Å². The molecule has 2 fully saturated rings. The van der Waals surface area contributed by atoms with E-state index in [1.165, 1.54) is 4.90 Å². The summed E-state index contributed by atoms with van der Waals surface area (Å²) in [7, 11) is 0. The van der Waals surface area contributed by atoms with Crippen LogP contribution in [0.5, 0.6) is 0 Å². The van der Waals surface area contributed by atoms with Gasteiger partial charge in [-0.05, 0) is 61.2 Å². The molecule has 5 heteroatoms. The summed E-state index contributed by atoms with van der Waals surface area (Å²) in [5.74, 6) is 0.114. The van der Waals surface area contributed by atoms with Crippen molar-refractivity contribution in [1.82, 2.24) is 0 Å². The Morgan fingerprint density at radius 3 is 2.48 bits per heavy atom. The second kappa shape index (κ2) is 5.53. The number of rotatable bonds is 2. The average molecular weight is 300 g/mol. The lowest BCUT2D eigenvalue weighted by molar-refractivity contribution is -0.122. The number of hydrogen-bond donors (Lipinski definition) is 0. The molecule has 4 nitrogen and oxygen atoms in total. The Bertz CT molecular complexity index is 620. The fraction of sp³-hybridized carbons (Fsp3) is 0.438. The Morgan fingerprint density at radius 2 is 1.81 bits per heavy atom. The van der Waals surface area contributed by atoms with E-state index in [9.17, 15) is 9.59 Å². The van der Waals surface area contributed by atoms with Gasteiger partial charge in [-0.3, -0.25) is 14.5 Å². The number of carbonyl (C=O) groups is 2. The van der Waals surface area contributed by atoms with Crippen LogP contribution in [-0.4, -0.2) is 11.8 Å². The molecule has 21 heavy (non-hydrogen) atoms. The van der Waals surface area contributed by atoms with Crippen LogP contribution >= 0.6 is 11.8 Å². The van der Waals surface area contributed by atoms with Crippen molar-refractivity contribution in [2.24, 2.45) is 17.8 Å². The number of imide groups is 1. The zero-order valence-corrected chi connectivity index (χ0v) is 12.6. The number of carbonyl (C=O) groups excluding carboxylic acids is 2. The number of thioether (sulfide) groups is 1. The summed E-state index contributed by atoms with van der Waals surface area (Å²) in [5.41, 5.74) is 0.620. The lowest BCUT2D eigenvalue weighted by atomic mass is 9.76. The summed E-state index contributed by atoms with van der Waals surface area (Å²) in [6.07, 6.45) is 2.65. The number of thiocyanates is 1. The van der Waals surface area contributed by atoms with E-state index in [-0.39, 0.29) is 23.7 Å². The molecule has 0 aromatic heterocycles. The number of hydrogen-bond acceptors (Lipinski definition) is 4. The monoisotopic (exact) mass is 300 g/mol. The van der Waals surface area contributed by atoms with Gasteiger partial charge in [-0.1, -0.05) is 6.92 Å². The summed E-state index contributed by atoms with van der Waals surface area (Å²) in [6, 6.07) is 7.04. The Morgan fingerprint density at radius 1 is 1.14 bits per heavy atom. The molecule has 0 unspecified atom stereocenters. The molecular weight excluding hydrogens is 284 g/mol. The quantitative estimate of drug-likeness (QED) is 0.478. The third kappa shape index (κ3) is 2.44. The van der Waals surface area contributed by atoms with Gasteiger partial charge in [0.25, 0.3) is 0 Å². The maximum Gasteiger partial charge on any atom is 0.237 e. The van der Waals surface area contributed by atoms with Gasteiger partial charge in [0.05, 0.1) is 17.5 Å². The molecule has 3 rings (SSSR count). The smallest absolute Gasteiger partial charge is 0.237 e. The minimum absolute atomic E-state index is 0.0578. The van der Waals surface area contributed by atoms with Crippen molar-refractivity contribution in [2.75, 3.05) is 4.90 Å². The molecule has 108 valence electrons. The van der Waals surface area contributed by atoms with Crippen molar-refractivity contribution in [3.05, 3.63) is 24.3 Å². The lowest BCUT2D eigenvalue weighted by Crippen LogP contribution is -2.30. The third-order valence-electron chi connectivity index (χ3n) is 4.45. The lowest BCUT2D eigenvalue weighted by Gasteiger charge is -2.25. The van der Waals surface area contributed by atoms with Gasteiger partial charge in [0.15, 0.2) is 0 Å². The first-order chi connectivity index (χ1) is 10.1. The molecule has 1 aromatic rings. The average Bonchev–Trinajstić information content (AvgIpc) is 2.72. The van der Waals surface area contributed by atoms with Gasteiger partial charge in [0, 0.05) is 4.90 Å². The highest BCUT2D eigenvalue weighted by atomic mass is 32.2. The van der Waals surface area contributed by atoms with Crippen LogP contribution in [0, 0.1) is 28.4 Å². The van der Waals surface area contributed by atoms with Gasteiger partial charge in [-0.2, -0.15) is 5.26 Å². The van der Waals surface area contributed by atoms with Gasteiger partial charge < -0.3 is 0 Å². The standard InChI is InChI=1S/C16H16N2O2S/c1-10-2-7-13-14(8-10)16(20)18(15(13)19)11-3-5-12(6-4-11)21-9-17/h3-6,10,13-14H,2,7-8H2,1H3/t10-,13-,14+/m1/s1. The van der Waals surface area contributed by atoms with Gasteiger partial charge in [0.1, 0.15) is 5.40 Å². The number of nitrogens with zero attached hydrogens (tertiary/aromatic N) is 2. The third-order valence-corrected chi connectivity index (χ3v) is 5.05. The van der Waals surface area contributed by atoms with E-state index in [0.717, 1.165) is 35.9 Å². The minimum atomic E-state index is -0.144. The van der Waals surface area contributed by atoms with E-state index < -0.39 is 0 Å². The van der Waals surface area contributed by atoms with E-state index >= 15 is 0 Å². The molecule has 1 saturated carbocycles. The summed E-state index contributed by atoms with van der Waals surface area (Å²) in [5, 5.41) is 10.6. The molecule has 1 saturated heterocycles. The van der Waals surface area contributed by atoms with Crippen molar-refractivity contribution >= 4 is 29.3 Å². The fourth-order valence-electron chi connectivity index (χ4n) is 3.36. The van der Waals surface area contributed by atoms with Crippen LogP contribution in [0.15, 0.2) is 29.2 Å². The summed E-state index contributed by atoms with van der Waals surface area (Å²) < 4.78 is 0. The van der Waals surface area contributed by atoms with E-state index in [1.807, 2.05) is 5.40 Å². The molecule has 0 N–H and O–H groups in total. The van der Waals surface area contributed by atoms with E-state index in [2.05, 4.69) is 6.92 Å². The zero-order chi connectivity index (χ0) is 15.0. The summed E-state index contributed by atoms with van der Waals surface area (Å²) >= 11 is 1.07. The minimum Gasteiger partial charge on any atom is -0.274 e. The number of fused-ring (bicyclic) bond motifs is 1. The van der Waals surface area contributed by atoms with Crippen LogP contribution in [0.4, 0.5) is 5.69 Å². The molecule has 1 heterocycles. The summed E-state index contributed by atoms with van der Waals surface area (Å²) in [6.45, 7) is 2.14. The van der Waals surface area contributed by atoms with E-state index in [4.69, 9.17) is 5.26 Å². The van der Waals surface area contributed by atoms with E-state index in [0.29, 0.717) is 11.6 Å². The zero-order valence-electron chi connectivity index (χ0n) is 11.8. The second-order valence-electron chi connectivity index (χ2n) is 5.83. The largest absolute Gasteiger partial charge is 0.274 e. The first kappa shape index (κ1) is 14.2. The normalized spacial score (nSPS) is 28.4. The predicted molar refractivity (Wildman–Crippen MR) is 80.4 cm³/mol. The van der Waals surface area contributed by atoms with Gasteiger partial charge in [0.2, 0.25) is 11.8 Å². The number of amides is 2. The Kier molecular flexibility index (Phi) is 3.73. The molecule has 2 amide bonds. The molecule has 1 aliphatic heterocycles. The fourth-order valence-corrected chi connectivity index (χ4v) is 3.74. The molecule has 2 aliphatic rings. The highest BCUT2D eigenvalue weighted by molar-refractivity contribution is 8.03. The highest BCUT2D eigenvalue weighted by Gasteiger charge is 2.49.